The van der Waals surface area contributed by atoms with Gasteiger partial charge >= 0.3 is 0 Å². The third-order valence-corrected chi connectivity index (χ3v) is 2.54. The van der Waals surface area contributed by atoms with E-state index in [0.29, 0.717) is 12.2 Å². The lowest BCUT2D eigenvalue weighted by Crippen LogP contribution is -2.17. The Morgan fingerprint density at radius 2 is 2.16 bits per heavy atom. The van der Waals surface area contributed by atoms with Crippen LogP contribution in [0.5, 0.6) is 5.75 Å². The van der Waals surface area contributed by atoms with Gasteiger partial charge < -0.3 is 9.52 Å². The number of aromatic hydroxyl groups is 1. The van der Waals surface area contributed by atoms with Gasteiger partial charge in [0.05, 0.1) is 12.5 Å². The van der Waals surface area contributed by atoms with Crippen LogP contribution >= 0.6 is 0 Å². The van der Waals surface area contributed by atoms with E-state index in [1.165, 1.54) is 12.5 Å². The lowest BCUT2D eigenvalue weighted by molar-refractivity contribution is -0.121. The molecule has 0 radical (unpaired) electrons. The lowest BCUT2D eigenvalue weighted by Gasteiger charge is -2.03. The fourth-order valence-electron chi connectivity index (χ4n) is 1.56. The number of carbonyl (C=O) groups is 1. The van der Waals surface area contributed by atoms with Crippen LogP contribution in [0.4, 0.5) is 0 Å². The summed E-state index contributed by atoms with van der Waals surface area (Å²) in [5.74, 6) is 0.557. The Morgan fingerprint density at radius 1 is 1.32 bits per heavy atom. The molecular formula is C14H14N2O3. The molecule has 0 aliphatic heterocycles. The van der Waals surface area contributed by atoms with Gasteiger partial charge in [-0.25, -0.2) is 5.43 Å². The van der Waals surface area contributed by atoms with Crippen molar-refractivity contribution in [1.29, 1.82) is 0 Å². The first-order chi connectivity index (χ1) is 9.25. The third kappa shape index (κ3) is 3.99. The highest BCUT2D eigenvalue weighted by molar-refractivity contribution is 5.80. The number of para-hydroxylation sites is 1. The van der Waals surface area contributed by atoms with Crippen LogP contribution in [0.1, 0.15) is 17.7 Å². The van der Waals surface area contributed by atoms with Gasteiger partial charge in [-0.1, -0.05) is 18.2 Å². The lowest BCUT2D eigenvalue weighted by atomic mass is 10.1. The second-order valence-electron chi connectivity index (χ2n) is 3.94. The molecule has 2 rings (SSSR count). The first kappa shape index (κ1) is 12.9. The van der Waals surface area contributed by atoms with E-state index in [-0.39, 0.29) is 18.1 Å². The number of furan rings is 1. The van der Waals surface area contributed by atoms with E-state index in [9.17, 15) is 9.90 Å². The predicted molar refractivity (Wildman–Crippen MR) is 70.9 cm³/mol. The number of nitrogens with one attached hydrogen (secondary N) is 1. The number of hydrogen-bond acceptors (Lipinski definition) is 4. The van der Waals surface area contributed by atoms with Gasteiger partial charge in [0.15, 0.2) is 0 Å². The maximum Gasteiger partial charge on any atom is 0.240 e. The molecule has 0 aliphatic rings. The Morgan fingerprint density at radius 3 is 2.89 bits per heavy atom. The van der Waals surface area contributed by atoms with Crippen LogP contribution in [-0.4, -0.2) is 17.2 Å². The van der Waals surface area contributed by atoms with E-state index in [4.69, 9.17) is 4.42 Å². The minimum atomic E-state index is -0.217. The molecule has 5 nitrogen and oxygen atoms in total. The number of aryl methyl sites for hydroxylation is 1. The van der Waals surface area contributed by atoms with E-state index in [1.54, 1.807) is 30.3 Å². The van der Waals surface area contributed by atoms with Gasteiger partial charge in [-0.2, -0.15) is 5.10 Å². The van der Waals surface area contributed by atoms with Crippen molar-refractivity contribution in [3.05, 3.63) is 54.0 Å². The van der Waals surface area contributed by atoms with Gasteiger partial charge in [-0.15, -0.1) is 0 Å². The standard InChI is InChI=1S/C14H14N2O3/c17-13-6-2-1-4-11(13)7-8-14(18)16-15-10-12-5-3-9-19-12/h1-6,9-10,17H,7-8H2,(H,16,18)/b15-10-. The monoisotopic (exact) mass is 258 g/mol. The van der Waals surface area contributed by atoms with E-state index in [2.05, 4.69) is 10.5 Å². The summed E-state index contributed by atoms with van der Waals surface area (Å²) in [4.78, 5) is 11.5. The molecule has 1 heterocycles. The van der Waals surface area contributed by atoms with Crippen molar-refractivity contribution in [2.75, 3.05) is 0 Å². The molecule has 0 bridgehead atoms. The summed E-state index contributed by atoms with van der Waals surface area (Å²) in [5, 5.41) is 13.3. The highest BCUT2D eigenvalue weighted by Gasteiger charge is 2.04. The summed E-state index contributed by atoms with van der Waals surface area (Å²) in [6.45, 7) is 0. The summed E-state index contributed by atoms with van der Waals surface area (Å²) in [5.41, 5.74) is 3.14. The second kappa shape index (κ2) is 6.39. The van der Waals surface area contributed by atoms with Crippen molar-refractivity contribution in [1.82, 2.24) is 5.43 Å². The largest absolute Gasteiger partial charge is 0.508 e. The van der Waals surface area contributed by atoms with Gasteiger partial charge in [0.1, 0.15) is 11.5 Å². The highest BCUT2D eigenvalue weighted by Crippen LogP contribution is 2.16. The van der Waals surface area contributed by atoms with Gasteiger partial charge in [0.25, 0.3) is 0 Å². The summed E-state index contributed by atoms with van der Waals surface area (Å²) in [7, 11) is 0. The van der Waals surface area contributed by atoms with Crippen LogP contribution < -0.4 is 5.43 Å². The Hall–Kier alpha value is -2.56. The number of phenols is 1. The Labute approximate surface area is 110 Å². The summed E-state index contributed by atoms with van der Waals surface area (Å²) in [6.07, 6.45) is 3.68. The number of hydrogen-bond donors (Lipinski definition) is 2. The molecule has 19 heavy (non-hydrogen) atoms. The first-order valence-corrected chi connectivity index (χ1v) is 5.88. The minimum Gasteiger partial charge on any atom is -0.508 e. The van der Waals surface area contributed by atoms with Gasteiger partial charge in [0.2, 0.25) is 5.91 Å². The molecule has 0 saturated heterocycles. The Balaban J connectivity index is 1.78. The number of nitrogens with zero attached hydrogens (tertiary/aromatic N) is 1. The number of hydrazone groups is 1. The third-order valence-electron chi connectivity index (χ3n) is 2.54. The SMILES string of the molecule is O=C(CCc1ccccc1O)N/N=C\c1ccco1. The molecule has 0 saturated carbocycles. The summed E-state index contributed by atoms with van der Waals surface area (Å²) in [6, 6.07) is 10.4. The van der Waals surface area contributed by atoms with Crippen molar-refractivity contribution >= 4 is 12.1 Å². The number of rotatable bonds is 5. The molecule has 0 unspecified atom stereocenters. The average Bonchev–Trinajstić information content (AvgIpc) is 2.91. The zero-order valence-electron chi connectivity index (χ0n) is 10.2. The van der Waals surface area contributed by atoms with Crippen molar-refractivity contribution in [2.24, 2.45) is 5.10 Å². The molecule has 2 N–H and O–H groups in total. The topological polar surface area (TPSA) is 74.8 Å². The molecule has 0 atom stereocenters. The molecular weight excluding hydrogens is 244 g/mol. The van der Waals surface area contributed by atoms with Crippen molar-refractivity contribution < 1.29 is 14.3 Å². The van der Waals surface area contributed by atoms with Crippen LogP contribution in [0.3, 0.4) is 0 Å². The van der Waals surface area contributed by atoms with E-state index < -0.39 is 0 Å². The normalized spacial score (nSPS) is 10.7. The number of amides is 1. The van der Waals surface area contributed by atoms with Crippen LogP contribution in [-0.2, 0) is 11.2 Å². The molecule has 0 fully saturated rings. The molecule has 5 heteroatoms. The first-order valence-electron chi connectivity index (χ1n) is 5.88. The quantitative estimate of drug-likeness (QED) is 0.636. The van der Waals surface area contributed by atoms with E-state index >= 15 is 0 Å². The van der Waals surface area contributed by atoms with Gasteiger partial charge in [-0.3, -0.25) is 4.79 Å². The summed E-state index contributed by atoms with van der Waals surface area (Å²) < 4.78 is 5.03. The minimum absolute atomic E-state index is 0.203. The van der Waals surface area contributed by atoms with E-state index in [1.807, 2.05) is 6.07 Å². The Bertz CT molecular complexity index is 562. The molecule has 1 amide bonds. The predicted octanol–water partition coefficient (Wildman–Crippen LogP) is 2.07. The van der Waals surface area contributed by atoms with E-state index in [0.717, 1.165) is 5.56 Å². The zero-order chi connectivity index (χ0) is 13.5. The maximum absolute atomic E-state index is 11.5. The van der Waals surface area contributed by atoms with Crippen LogP contribution in [0.2, 0.25) is 0 Å². The maximum atomic E-state index is 11.5. The molecule has 0 aliphatic carbocycles. The number of phenolic OH excluding ortho intramolecular Hbond substituents is 1. The zero-order valence-corrected chi connectivity index (χ0v) is 10.2. The van der Waals surface area contributed by atoms with Crippen molar-refractivity contribution in [2.45, 2.75) is 12.8 Å². The molecule has 2 aromatic rings. The summed E-state index contributed by atoms with van der Waals surface area (Å²) >= 11 is 0. The van der Waals surface area contributed by atoms with Crippen LogP contribution in [0.15, 0.2) is 52.2 Å². The van der Waals surface area contributed by atoms with Gasteiger partial charge in [-0.05, 0) is 30.2 Å². The van der Waals surface area contributed by atoms with Crippen molar-refractivity contribution in [3.8, 4) is 5.75 Å². The fraction of sp³-hybridized carbons (Fsp3) is 0.143. The van der Waals surface area contributed by atoms with Crippen LogP contribution in [0, 0.1) is 0 Å². The van der Waals surface area contributed by atoms with Crippen LogP contribution in [0.25, 0.3) is 0 Å². The fourth-order valence-corrected chi connectivity index (χ4v) is 1.56. The smallest absolute Gasteiger partial charge is 0.240 e. The molecule has 1 aromatic carbocycles. The number of carbonyl (C=O) groups excluding carboxylic acids is 1. The highest BCUT2D eigenvalue weighted by atomic mass is 16.3. The average molecular weight is 258 g/mol. The van der Waals surface area contributed by atoms with Crippen molar-refractivity contribution in [3.63, 3.8) is 0 Å². The number of benzene rings is 1. The Kier molecular flexibility index (Phi) is 4.34. The molecule has 98 valence electrons. The molecule has 1 aromatic heterocycles. The molecule has 0 spiro atoms. The second-order valence-corrected chi connectivity index (χ2v) is 3.94. The van der Waals surface area contributed by atoms with Gasteiger partial charge in [0, 0.05) is 6.42 Å².